The van der Waals surface area contributed by atoms with E-state index in [1.807, 2.05) is 0 Å². The standard InChI is InChI=1S/C12H10Br2N2O2/c13-10-7-6-15-4-3-8(7)16(11(10)14)12(17)9-2-1-5-18-9/h1-2,5,15H,3-4,6H2. The normalized spacial score (nSPS) is 14.6. The minimum absolute atomic E-state index is 0.143. The topological polar surface area (TPSA) is 47.2 Å². The van der Waals surface area contributed by atoms with Crippen LogP contribution in [0.15, 0.2) is 31.9 Å². The lowest BCUT2D eigenvalue weighted by Crippen LogP contribution is -2.26. The van der Waals surface area contributed by atoms with Crippen LogP contribution >= 0.6 is 31.9 Å². The fourth-order valence-electron chi connectivity index (χ4n) is 2.19. The number of fused-ring (bicyclic) bond motifs is 1. The minimum atomic E-state index is -0.143. The molecule has 3 rings (SSSR count). The summed E-state index contributed by atoms with van der Waals surface area (Å²) in [6.07, 6.45) is 2.33. The second kappa shape index (κ2) is 4.68. The number of furan rings is 1. The van der Waals surface area contributed by atoms with Gasteiger partial charge in [0.15, 0.2) is 5.76 Å². The van der Waals surface area contributed by atoms with Gasteiger partial charge >= 0.3 is 0 Å². The average molecular weight is 374 g/mol. The average Bonchev–Trinajstić information content (AvgIpc) is 2.99. The molecule has 0 saturated carbocycles. The molecule has 0 aliphatic carbocycles. The van der Waals surface area contributed by atoms with Gasteiger partial charge in [-0.25, -0.2) is 0 Å². The third-order valence-electron chi connectivity index (χ3n) is 3.04. The first-order valence-corrected chi connectivity index (χ1v) is 7.15. The number of hydrogen-bond donors (Lipinski definition) is 1. The number of rotatable bonds is 1. The van der Waals surface area contributed by atoms with E-state index in [4.69, 9.17) is 4.42 Å². The summed E-state index contributed by atoms with van der Waals surface area (Å²) in [5.74, 6) is 0.204. The van der Waals surface area contributed by atoms with Gasteiger partial charge in [0.25, 0.3) is 5.91 Å². The molecule has 1 aliphatic rings. The monoisotopic (exact) mass is 372 g/mol. The Morgan fingerprint density at radius 2 is 2.28 bits per heavy atom. The van der Waals surface area contributed by atoms with Crippen LogP contribution in [-0.4, -0.2) is 17.0 Å². The number of aromatic nitrogens is 1. The van der Waals surface area contributed by atoms with E-state index in [2.05, 4.69) is 37.2 Å². The zero-order chi connectivity index (χ0) is 12.7. The quantitative estimate of drug-likeness (QED) is 0.835. The second-order valence-corrected chi connectivity index (χ2v) is 5.62. The lowest BCUT2D eigenvalue weighted by molar-refractivity contribution is 0.0926. The summed E-state index contributed by atoms with van der Waals surface area (Å²) in [5, 5.41) is 3.30. The highest BCUT2D eigenvalue weighted by molar-refractivity contribution is 9.13. The smallest absolute Gasteiger partial charge is 0.298 e. The van der Waals surface area contributed by atoms with Crippen LogP contribution in [-0.2, 0) is 13.0 Å². The maximum absolute atomic E-state index is 12.4. The van der Waals surface area contributed by atoms with Gasteiger partial charge in [-0.15, -0.1) is 0 Å². The van der Waals surface area contributed by atoms with E-state index in [0.29, 0.717) is 5.76 Å². The van der Waals surface area contributed by atoms with Crippen molar-refractivity contribution in [3.05, 3.63) is 44.5 Å². The third-order valence-corrected chi connectivity index (χ3v) is 5.17. The van der Waals surface area contributed by atoms with Crippen LogP contribution in [0, 0.1) is 0 Å². The summed E-state index contributed by atoms with van der Waals surface area (Å²) in [6.45, 7) is 1.65. The molecule has 0 fully saturated rings. The lowest BCUT2D eigenvalue weighted by atomic mass is 10.1. The highest BCUT2D eigenvalue weighted by Crippen LogP contribution is 2.35. The first kappa shape index (κ1) is 12.2. The molecule has 0 unspecified atom stereocenters. The predicted molar refractivity (Wildman–Crippen MR) is 73.7 cm³/mol. The molecule has 0 aromatic carbocycles. The first-order valence-electron chi connectivity index (χ1n) is 5.56. The molecule has 0 spiro atoms. The molecule has 2 aromatic rings. The molecule has 0 bridgehead atoms. The molecule has 4 nitrogen and oxygen atoms in total. The van der Waals surface area contributed by atoms with Crippen molar-refractivity contribution in [2.24, 2.45) is 0 Å². The van der Waals surface area contributed by atoms with Crippen molar-refractivity contribution in [3.63, 3.8) is 0 Å². The minimum Gasteiger partial charge on any atom is -0.459 e. The summed E-state index contributed by atoms with van der Waals surface area (Å²) in [7, 11) is 0. The van der Waals surface area contributed by atoms with Crippen molar-refractivity contribution < 1.29 is 9.21 Å². The van der Waals surface area contributed by atoms with Gasteiger partial charge in [-0.3, -0.25) is 9.36 Å². The number of carbonyl (C=O) groups excluding carboxylic acids is 1. The van der Waals surface area contributed by atoms with Gasteiger partial charge in [-0.1, -0.05) is 0 Å². The van der Waals surface area contributed by atoms with Gasteiger partial charge in [-0.2, -0.15) is 0 Å². The molecular formula is C12H10Br2N2O2. The predicted octanol–water partition coefficient (Wildman–Crippen LogP) is 2.94. The summed E-state index contributed by atoms with van der Waals surface area (Å²) in [5.41, 5.74) is 2.17. The Kier molecular flexibility index (Phi) is 3.17. The molecule has 2 aromatic heterocycles. The van der Waals surface area contributed by atoms with E-state index in [1.54, 1.807) is 16.7 Å². The van der Waals surface area contributed by atoms with E-state index < -0.39 is 0 Å². The zero-order valence-corrected chi connectivity index (χ0v) is 12.5. The Hall–Kier alpha value is -0.850. The molecule has 0 radical (unpaired) electrons. The molecule has 0 saturated heterocycles. The van der Waals surface area contributed by atoms with Crippen molar-refractivity contribution in [2.45, 2.75) is 13.0 Å². The summed E-state index contributed by atoms with van der Waals surface area (Å²) < 4.78 is 8.55. The van der Waals surface area contributed by atoms with Crippen molar-refractivity contribution in [3.8, 4) is 0 Å². The van der Waals surface area contributed by atoms with Crippen LogP contribution in [0.1, 0.15) is 21.8 Å². The Labute approximate surface area is 121 Å². The third kappa shape index (κ3) is 1.79. The molecule has 18 heavy (non-hydrogen) atoms. The maximum atomic E-state index is 12.4. The molecule has 1 aliphatic heterocycles. The molecule has 0 atom stereocenters. The zero-order valence-electron chi connectivity index (χ0n) is 9.37. The molecule has 6 heteroatoms. The van der Waals surface area contributed by atoms with Crippen molar-refractivity contribution >= 4 is 37.8 Å². The van der Waals surface area contributed by atoms with Crippen LogP contribution < -0.4 is 5.32 Å². The van der Waals surface area contributed by atoms with Crippen molar-refractivity contribution in [2.75, 3.05) is 6.54 Å². The summed E-state index contributed by atoms with van der Waals surface area (Å²) in [6, 6.07) is 3.39. The second-order valence-electron chi connectivity index (χ2n) is 4.07. The van der Waals surface area contributed by atoms with Crippen molar-refractivity contribution in [1.82, 2.24) is 9.88 Å². The maximum Gasteiger partial charge on any atom is 0.298 e. The van der Waals surface area contributed by atoms with E-state index in [0.717, 1.165) is 39.8 Å². The van der Waals surface area contributed by atoms with Crippen molar-refractivity contribution in [1.29, 1.82) is 0 Å². The number of hydrogen-bond acceptors (Lipinski definition) is 3. The molecule has 3 heterocycles. The highest BCUT2D eigenvalue weighted by atomic mass is 79.9. The van der Waals surface area contributed by atoms with Gasteiger partial charge < -0.3 is 9.73 Å². The largest absolute Gasteiger partial charge is 0.459 e. The SMILES string of the molecule is O=C(c1ccco1)n1c(Br)c(Br)c2c1CCNC2. The summed E-state index contributed by atoms with van der Waals surface area (Å²) >= 11 is 7.00. The number of nitrogens with one attached hydrogen (secondary N) is 1. The van der Waals surface area contributed by atoms with E-state index >= 15 is 0 Å². The molecule has 94 valence electrons. The van der Waals surface area contributed by atoms with Crippen LogP contribution in [0.5, 0.6) is 0 Å². The van der Waals surface area contributed by atoms with Crippen LogP contribution in [0.4, 0.5) is 0 Å². The van der Waals surface area contributed by atoms with E-state index in [9.17, 15) is 4.79 Å². The molecule has 0 amide bonds. The summed E-state index contributed by atoms with van der Waals surface area (Å²) in [4.78, 5) is 12.4. The van der Waals surface area contributed by atoms with E-state index in [-0.39, 0.29) is 5.91 Å². The first-order chi connectivity index (χ1) is 8.70. The Morgan fingerprint density at radius 1 is 1.44 bits per heavy atom. The van der Waals surface area contributed by atoms with Crippen LogP contribution in [0.3, 0.4) is 0 Å². The Morgan fingerprint density at radius 3 is 3.00 bits per heavy atom. The van der Waals surface area contributed by atoms with Gasteiger partial charge in [0.05, 0.1) is 10.7 Å². The Balaban J connectivity index is 2.15. The Bertz CT molecular complexity index is 602. The number of carbonyl (C=O) groups is 1. The van der Waals surface area contributed by atoms with Gasteiger partial charge in [0.2, 0.25) is 0 Å². The molecule has 1 N–H and O–H groups in total. The highest BCUT2D eigenvalue weighted by Gasteiger charge is 2.26. The fraction of sp³-hybridized carbons (Fsp3) is 0.250. The lowest BCUT2D eigenvalue weighted by Gasteiger charge is -2.15. The molecular weight excluding hydrogens is 364 g/mol. The van der Waals surface area contributed by atoms with Crippen LogP contribution in [0.2, 0.25) is 0 Å². The van der Waals surface area contributed by atoms with Gasteiger partial charge in [0.1, 0.15) is 4.60 Å². The van der Waals surface area contributed by atoms with Crippen LogP contribution in [0.25, 0.3) is 0 Å². The van der Waals surface area contributed by atoms with E-state index in [1.165, 1.54) is 6.26 Å². The number of halogens is 2. The van der Waals surface area contributed by atoms with Gasteiger partial charge in [-0.05, 0) is 44.0 Å². The number of nitrogens with zero attached hydrogens (tertiary/aromatic N) is 1. The van der Waals surface area contributed by atoms with Gasteiger partial charge in [0, 0.05) is 30.8 Å². The fourth-order valence-corrected chi connectivity index (χ4v) is 3.35.